The number of nitrogens with zero attached hydrogens (tertiary/aromatic N) is 1. The van der Waals surface area contributed by atoms with Crippen molar-refractivity contribution in [2.24, 2.45) is 0 Å². The summed E-state index contributed by atoms with van der Waals surface area (Å²) >= 11 is 0. The van der Waals surface area contributed by atoms with Gasteiger partial charge in [-0.1, -0.05) is 232 Å². The van der Waals surface area contributed by atoms with Crippen molar-refractivity contribution in [1.82, 2.24) is 0 Å². The first kappa shape index (κ1) is 59.0. The molecule has 1 N–H and O–H groups in total. The highest BCUT2D eigenvalue weighted by molar-refractivity contribution is 7.47. The fourth-order valence-electron chi connectivity index (χ4n) is 7.61. The van der Waals surface area contributed by atoms with Crippen LogP contribution in [0.3, 0.4) is 0 Å². The van der Waals surface area contributed by atoms with Crippen LogP contribution in [0.2, 0.25) is 0 Å². The Morgan fingerprint density at radius 3 is 1.07 bits per heavy atom. The van der Waals surface area contributed by atoms with E-state index in [4.69, 9.17) is 18.5 Å². The highest BCUT2D eigenvalue weighted by Crippen LogP contribution is 2.43. The molecule has 2 atom stereocenters. The predicted molar refractivity (Wildman–Crippen MR) is 252 cm³/mol. The third-order valence-corrected chi connectivity index (χ3v) is 12.6. The summed E-state index contributed by atoms with van der Waals surface area (Å²) in [6.07, 6.45) is 46.0. The Morgan fingerprint density at radius 1 is 0.450 bits per heavy atom. The van der Waals surface area contributed by atoms with Gasteiger partial charge in [-0.05, 0) is 12.8 Å². The van der Waals surface area contributed by atoms with Crippen LogP contribution in [-0.2, 0) is 32.7 Å². The fourth-order valence-corrected chi connectivity index (χ4v) is 8.35. The summed E-state index contributed by atoms with van der Waals surface area (Å²) in [5, 5.41) is 0. The van der Waals surface area contributed by atoms with E-state index >= 15 is 0 Å². The van der Waals surface area contributed by atoms with Gasteiger partial charge < -0.3 is 18.9 Å². The number of hydrogen-bond acceptors (Lipinski definition) is 7. The highest BCUT2D eigenvalue weighted by Gasteiger charge is 2.27. The van der Waals surface area contributed by atoms with E-state index in [0.717, 1.165) is 38.5 Å². The Balaban J connectivity index is 4.05. The van der Waals surface area contributed by atoms with Crippen molar-refractivity contribution >= 4 is 19.8 Å². The van der Waals surface area contributed by atoms with Crippen LogP contribution in [-0.4, -0.2) is 74.9 Å². The number of phosphoric ester groups is 1. The average molecular weight is 875 g/mol. The molecule has 0 spiro atoms. The van der Waals surface area contributed by atoms with Crippen LogP contribution in [0.25, 0.3) is 0 Å². The van der Waals surface area contributed by atoms with E-state index in [2.05, 4.69) is 13.8 Å². The zero-order valence-corrected chi connectivity index (χ0v) is 41.4. The minimum Gasteiger partial charge on any atom is -0.462 e. The number of hydrogen-bond donors (Lipinski definition) is 1. The van der Waals surface area contributed by atoms with Gasteiger partial charge in [0, 0.05) is 12.8 Å². The molecule has 0 bridgehead atoms. The topological polar surface area (TPSA) is 108 Å². The third kappa shape index (κ3) is 46.5. The van der Waals surface area contributed by atoms with Crippen molar-refractivity contribution < 1.29 is 42.1 Å². The number of phosphoric acid groups is 1. The van der Waals surface area contributed by atoms with Gasteiger partial charge in [0.2, 0.25) is 0 Å². The van der Waals surface area contributed by atoms with Crippen molar-refractivity contribution in [1.29, 1.82) is 0 Å². The van der Waals surface area contributed by atoms with Crippen LogP contribution in [0.4, 0.5) is 0 Å². The lowest BCUT2D eigenvalue weighted by atomic mass is 10.0. The smallest absolute Gasteiger partial charge is 0.462 e. The molecule has 0 radical (unpaired) electrons. The Kier molecular flexibility index (Phi) is 42.6. The normalized spacial score (nSPS) is 13.4. The molecule has 0 aromatic carbocycles. The molecular formula is C50H101NO8P+. The van der Waals surface area contributed by atoms with Gasteiger partial charge in [0.15, 0.2) is 6.10 Å². The number of unbranched alkanes of at least 4 members (excludes halogenated alkanes) is 34. The molecule has 9 nitrogen and oxygen atoms in total. The SMILES string of the molecule is CCCCCCCCCCCCCCCCCCCCCCCCCCCCC(=O)OC(COC(=O)CCCCCCCCCCCC)COP(=O)(O)OCC[N+](C)(C)C. The average Bonchev–Trinajstić information content (AvgIpc) is 3.20. The van der Waals surface area contributed by atoms with Crippen LogP contribution in [0.15, 0.2) is 0 Å². The van der Waals surface area contributed by atoms with Crippen molar-refractivity contribution in [2.45, 2.75) is 264 Å². The van der Waals surface area contributed by atoms with Crippen LogP contribution >= 0.6 is 7.82 Å². The molecule has 0 aliphatic carbocycles. The number of carbonyl (C=O) groups excluding carboxylic acids is 2. The molecule has 0 aliphatic heterocycles. The van der Waals surface area contributed by atoms with E-state index in [1.165, 1.54) is 193 Å². The number of likely N-dealkylation sites (N-methyl/N-ethyl adjacent to an activating group) is 1. The maximum absolute atomic E-state index is 12.7. The van der Waals surface area contributed by atoms with Crippen molar-refractivity contribution in [3.05, 3.63) is 0 Å². The van der Waals surface area contributed by atoms with E-state index in [1.807, 2.05) is 21.1 Å². The van der Waals surface area contributed by atoms with Gasteiger partial charge in [-0.2, -0.15) is 0 Å². The molecule has 0 rings (SSSR count). The highest BCUT2D eigenvalue weighted by atomic mass is 31.2. The Labute approximate surface area is 372 Å². The van der Waals surface area contributed by atoms with Crippen LogP contribution in [0.5, 0.6) is 0 Å². The molecule has 0 aliphatic rings. The first-order valence-electron chi connectivity index (χ1n) is 25.8. The zero-order valence-electron chi connectivity index (χ0n) is 40.5. The molecule has 358 valence electrons. The van der Waals surface area contributed by atoms with Gasteiger partial charge in [0.1, 0.15) is 19.8 Å². The Morgan fingerprint density at radius 2 is 0.750 bits per heavy atom. The van der Waals surface area contributed by atoms with E-state index in [0.29, 0.717) is 17.4 Å². The van der Waals surface area contributed by atoms with E-state index in [-0.39, 0.29) is 25.6 Å². The number of ether oxygens (including phenoxy) is 2. The van der Waals surface area contributed by atoms with E-state index in [1.54, 1.807) is 0 Å². The van der Waals surface area contributed by atoms with Crippen molar-refractivity contribution in [3.63, 3.8) is 0 Å². The minimum atomic E-state index is -4.37. The number of esters is 2. The quantitative estimate of drug-likeness (QED) is 0.0279. The van der Waals surface area contributed by atoms with Crippen LogP contribution in [0, 0.1) is 0 Å². The Bertz CT molecular complexity index is 990. The number of carbonyl (C=O) groups is 2. The summed E-state index contributed by atoms with van der Waals surface area (Å²) in [6, 6.07) is 0. The fraction of sp³-hybridized carbons (Fsp3) is 0.960. The molecule has 0 saturated carbocycles. The molecule has 0 fully saturated rings. The van der Waals surface area contributed by atoms with Crippen molar-refractivity contribution in [3.8, 4) is 0 Å². The van der Waals surface area contributed by atoms with Crippen LogP contribution < -0.4 is 0 Å². The molecule has 0 amide bonds. The summed E-state index contributed by atoms with van der Waals surface area (Å²) in [5.41, 5.74) is 0. The lowest BCUT2D eigenvalue weighted by Gasteiger charge is -2.24. The van der Waals surface area contributed by atoms with Crippen LogP contribution in [0.1, 0.15) is 258 Å². The number of quaternary nitrogens is 1. The summed E-state index contributed by atoms with van der Waals surface area (Å²) in [5.74, 6) is -0.783. The molecule has 10 heteroatoms. The second-order valence-electron chi connectivity index (χ2n) is 18.9. The maximum atomic E-state index is 12.7. The summed E-state index contributed by atoms with van der Waals surface area (Å²) < 4.78 is 34.4. The molecule has 2 unspecified atom stereocenters. The van der Waals surface area contributed by atoms with Crippen molar-refractivity contribution in [2.75, 3.05) is 47.5 Å². The third-order valence-electron chi connectivity index (χ3n) is 11.6. The molecule has 0 aromatic rings. The lowest BCUT2D eigenvalue weighted by molar-refractivity contribution is -0.870. The van der Waals surface area contributed by atoms with Gasteiger partial charge >= 0.3 is 19.8 Å². The summed E-state index contributed by atoms with van der Waals surface area (Å²) in [4.78, 5) is 35.4. The van der Waals surface area contributed by atoms with Gasteiger partial charge in [-0.15, -0.1) is 0 Å². The Hall–Kier alpha value is -0.990. The first-order chi connectivity index (χ1) is 29.0. The first-order valence-corrected chi connectivity index (χ1v) is 27.3. The molecule has 0 saturated heterocycles. The molecule has 0 heterocycles. The van der Waals surface area contributed by atoms with E-state index in [9.17, 15) is 19.0 Å². The van der Waals surface area contributed by atoms with Gasteiger partial charge in [0.05, 0.1) is 27.7 Å². The molecule has 60 heavy (non-hydrogen) atoms. The van der Waals surface area contributed by atoms with Gasteiger partial charge in [0.25, 0.3) is 0 Å². The van der Waals surface area contributed by atoms with Gasteiger partial charge in [-0.3, -0.25) is 18.6 Å². The summed E-state index contributed by atoms with van der Waals surface area (Å²) in [6.45, 7) is 4.46. The lowest BCUT2D eigenvalue weighted by Crippen LogP contribution is -2.37. The molecular weight excluding hydrogens is 774 g/mol. The second-order valence-corrected chi connectivity index (χ2v) is 20.4. The minimum absolute atomic E-state index is 0.0369. The maximum Gasteiger partial charge on any atom is 0.472 e. The van der Waals surface area contributed by atoms with Gasteiger partial charge in [-0.25, -0.2) is 4.57 Å². The van der Waals surface area contributed by atoms with E-state index < -0.39 is 26.5 Å². The second kappa shape index (κ2) is 43.3. The predicted octanol–water partition coefficient (Wildman–Crippen LogP) is 15.1. The standard InChI is InChI=1S/C50H100NO8P/c1-6-8-10-12-14-16-18-19-20-21-22-23-24-25-26-27-28-29-30-31-32-33-35-37-39-41-43-50(53)59-48(47-58-60(54,55)57-45-44-51(3,4)5)46-56-49(52)42-40-38-36-34-17-15-13-11-9-7-2/h48H,6-47H2,1-5H3/p+1. The molecule has 0 aromatic heterocycles. The largest absolute Gasteiger partial charge is 0.472 e. The number of rotatable bonds is 48. The zero-order chi connectivity index (χ0) is 44.3. The summed E-state index contributed by atoms with van der Waals surface area (Å²) in [7, 11) is 1.50. The monoisotopic (exact) mass is 875 g/mol.